The van der Waals surface area contributed by atoms with Gasteiger partial charge in [-0.1, -0.05) is 48.5 Å². The highest BCUT2D eigenvalue weighted by atomic mass is 14.9. The van der Waals surface area contributed by atoms with Gasteiger partial charge in [0.1, 0.15) is 0 Å². The minimum absolute atomic E-state index is 0.312. The maximum Gasteiger partial charge on any atom is 0.0381 e. The van der Waals surface area contributed by atoms with Crippen LogP contribution in [0.4, 0.5) is 17.1 Å². The van der Waals surface area contributed by atoms with Gasteiger partial charge in [0.25, 0.3) is 0 Å². The van der Waals surface area contributed by atoms with Crippen LogP contribution in [-0.4, -0.2) is 19.6 Å². The van der Waals surface area contributed by atoms with Gasteiger partial charge in [0.15, 0.2) is 0 Å². The zero-order valence-corrected chi connectivity index (χ0v) is 16.2. The fourth-order valence-corrected chi connectivity index (χ4v) is 2.04. The van der Waals surface area contributed by atoms with Crippen molar-refractivity contribution in [1.82, 2.24) is 0 Å². The average Bonchev–Trinajstić information content (AvgIpc) is 2.49. The molecule has 0 aliphatic carbocycles. The third kappa shape index (κ3) is 8.15. The molecule has 3 nitrogen and oxygen atoms in total. The molecule has 0 fully saturated rings. The van der Waals surface area contributed by atoms with E-state index in [1.54, 1.807) is 0 Å². The fourth-order valence-electron chi connectivity index (χ4n) is 2.04. The van der Waals surface area contributed by atoms with Gasteiger partial charge >= 0.3 is 0 Å². The number of benzene rings is 1. The van der Waals surface area contributed by atoms with Crippen LogP contribution in [0, 0.1) is 17.3 Å². The third-order valence-corrected chi connectivity index (χ3v) is 4.09. The smallest absolute Gasteiger partial charge is 0.0381 e. The van der Waals surface area contributed by atoms with E-state index in [4.69, 9.17) is 0 Å². The van der Waals surface area contributed by atoms with E-state index >= 15 is 0 Å². The largest absolute Gasteiger partial charge is 0.385 e. The Morgan fingerprint density at radius 3 is 1.52 bits per heavy atom. The number of anilines is 3. The van der Waals surface area contributed by atoms with Crippen molar-refractivity contribution in [2.45, 2.75) is 54.9 Å². The third-order valence-electron chi connectivity index (χ3n) is 4.09. The molecule has 23 heavy (non-hydrogen) atoms. The Balaban J connectivity index is 2.84. The van der Waals surface area contributed by atoms with E-state index in [1.807, 2.05) is 0 Å². The first-order valence-electron chi connectivity index (χ1n) is 9.08. The Morgan fingerprint density at radius 1 is 0.783 bits per heavy atom. The van der Waals surface area contributed by atoms with Crippen LogP contribution >= 0.6 is 0 Å². The second-order valence-corrected chi connectivity index (χ2v) is 8.22. The summed E-state index contributed by atoms with van der Waals surface area (Å²) in [7, 11) is 0. The molecule has 1 aromatic rings. The Morgan fingerprint density at radius 2 is 1.17 bits per heavy atom. The maximum absolute atomic E-state index is 3.61. The monoisotopic (exact) mass is 319 g/mol. The molecule has 0 unspecified atom stereocenters. The van der Waals surface area contributed by atoms with Crippen LogP contribution < -0.4 is 16.0 Å². The lowest BCUT2D eigenvalue weighted by Gasteiger charge is -2.24. The highest BCUT2D eigenvalue weighted by Gasteiger charge is 2.14. The van der Waals surface area contributed by atoms with Crippen LogP contribution in [0.15, 0.2) is 18.2 Å². The zero-order valence-electron chi connectivity index (χ0n) is 16.2. The Bertz CT molecular complexity index is 434. The van der Waals surface area contributed by atoms with Gasteiger partial charge in [-0.3, -0.25) is 0 Å². The fraction of sp³-hybridized carbons (Fsp3) is 0.700. The van der Waals surface area contributed by atoms with Crippen LogP contribution in [0.3, 0.4) is 0 Å². The molecule has 0 saturated heterocycles. The minimum atomic E-state index is 0.312. The van der Waals surface area contributed by atoms with Gasteiger partial charge in [0.2, 0.25) is 0 Å². The normalized spacial score (nSPS) is 11.9. The van der Waals surface area contributed by atoms with Crippen molar-refractivity contribution >= 4 is 17.1 Å². The molecule has 0 spiro atoms. The molecule has 0 amide bonds. The lowest BCUT2D eigenvalue weighted by Crippen LogP contribution is -2.22. The summed E-state index contributed by atoms with van der Waals surface area (Å²) < 4.78 is 0. The van der Waals surface area contributed by atoms with Gasteiger partial charge in [-0.15, -0.1) is 0 Å². The molecule has 0 bridgehead atoms. The Labute approximate surface area is 143 Å². The van der Waals surface area contributed by atoms with Gasteiger partial charge in [-0.2, -0.15) is 0 Å². The number of nitrogens with one attached hydrogen (secondary N) is 3. The molecule has 0 radical (unpaired) electrons. The summed E-state index contributed by atoms with van der Waals surface area (Å²) in [6.07, 6.45) is 1.17. The summed E-state index contributed by atoms with van der Waals surface area (Å²) in [6.45, 7) is 18.8. The van der Waals surface area contributed by atoms with Crippen LogP contribution in [0.1, 0.15) is 54.9 Å². The van der Waals surface area contributed by atoms with Gasteiger partial charge < -0.3 is 16.0 Å². The summed E-state index contributed by atoms with van der Waals surface area (Å²) in [5.41, 5.74) is 3.87. The molecule has 0 aromatic heterocycles. The average molecular weight is 320 g/mol. The predicted molar refractivity (Wildman–Crippen MR) is 106 cm³/mol. The molecule has 0 atom stereocenters. The van der Waals surface area contributed by atoms with E-state index in [9.17, 15) is 0 Å². The van der Waals surface area contributed by atoms with Gasteiger partial charge in [0.05, 0.1) is 0 Å². The van der Waals surface area contributed by atoms with Crippen molar-refractivity contribution < 1.29 is 0 Å². The molecule has 1 rings (SSSR count). The summed E-state index contributed by atoms with van der Waals surface area (Å²) >= 11 is 0. The molecule has 1 aromatic carbocycles. The number of rotatable bonds is 10. The van der Waals surface area contributed by atoms with Crippen molar-refractivity contribution in [3.63, 3.8) is 0 Å². The summed E-state index contributed by atoms with van der Waals surface area (Å²) in [4.78, 5) is 0. The standard InChI is InChI=1S/C20H37N3/c1-8-20(6,7)14-23-19-10-17(21-12-15(2)3)9-18(11-19)22-13-16(4)5/h9-11,15-16,21-23H,8,12-14H2,1-7H3. The van der Waals surface area contributed by atoms with Crippen LogP contribution in [-0.2, 0) is 0 Å². The lowest BCUT2D eigenvalue weighted by atomic mass is 9.90. The summed E-state index contributed by atoms with van der Waals surface area (Å²) in [6, 6.07) is 6.64. The quantitative estimate of drug-likeness (QED) is 0.520. The molecule has 0 aliphatic rings. The number of hydrogen-bond acceptors (Lipinski definition) is 3. The summed E-state index contributed by atoms with van der Waals surface area (Å²) in [5, 5.41) is 10.7. The van der Waals surface area contributed by atoms with Crippen molar-refractivity contribution in [3.8, 4) is 0 Å². The van der Waals surface area contributed by atoms with Crippen LogP contribution in [0.5, 0.6) is 0 Å². The first-order valence-corrected chi connectivity index (χ1v) is 9.08. The SMILES string of the molecule is CCC(C)(C)CNc1cc(NCC(C)C)cc(NCC(C)C)c1. The second kappa shape index (κ2) is 9.05. The second-order valence-electron chi connectivity index (χ2n) is 8.22. The first-order chi connectivity index (χ1) is 10.7. The van der Waals surface area contributed by atoms with E-state index in [0.29, 0.717) is 17.3 Å². The zero-order chi connectivity index (χ0) is 17.5. The van der Waals surface area contributed by atoms with Crippen LogP contribution in [0.2, 0.25) is 0 Å². The molecule has 132 valence electrons. The molecule has 0 aliphatic heterocycles. The van der Waals surface area contributed by atoms with Crippen molar-refractivity contribution in [2.24, 2.45) is 17.3 Å². The molecule has 3 heteroatoms. The van der Waals surface area contributed by atoms with Crippen molar-refractivity contribution in [3.05, 3.63) is 18.2 Å². The highest BCUT2D eigenvalue weighted by molar-refractivity contribution is 5.67. The Kier molecular flexibility index (Phi) is 7.74. The highest BCUT2D eigenvalue weighted by Crippen LogP contribution is 2.26. The van der Waals surface area contributed by atoms with E-state index in [2.05, 4.69) is 82.6 Å². The molecule has 0 saturated carbocycles. The first kappa shape index (κ1) is 19.7. The Hall–Kier alpha value is -1.38. The van der Waals surface area contributed by atoms with E-state index in [-0.39, 0.29) is 0 Å². The van der Waals surface area contributed by atoms with Crippen LogP contribution in [0.25, 0.3) is 0 Å². The van der Waals surface area contributed by atoms with Gasteiger partial charge in [0, 0.05) is 36.7 Å². The predicted octanol–water partition coefficient (Wildman–Crippen LogP) is 5.67. The summed E-state index contributed by atoms with van der Waals surface area (Å²) in [5.74, 6) is 1.27. The van der Waals surface area contributed by atoms with Crippen molar-refractivity contribution in [1.29, 1.82) is 0 Å². The molecular formula is C20H37N3. The number of hydrogen-bond donors (Lipinski definition) is 3. The lowest BCUT2D eigenvalue weighted by molar-refractivity contribution is 0.377. The van der Waals surface area contributed by atoms with E-state index in [0.717, 1.165) is 19.6 Å². The van der Waals surface area contributed by atoms with Crippen molar-refractivity contribution in [2.75, 3.05) is 35.6 Å². The van der Waals surface area contributed by atoms with Gasteiger partial charge in [-0.05, 0) is 41.9 Å². The molecule has 0 heterocycles. The van der Waals surface area contributed by atoms with E-state index < -0.39 is 0 Å². The molecule has 3 N–H and O–H groups in total. The van der Waals surface area contributed by atoms with Gasteiger partial charge in [-0.25, -0.2) is 0 Å². The maximum atomic E-state index is 3.61. The molecular weight excluding hydrogens is 282 g/mol. The minimum Gasteiger partial charge on any atom is -0.385 e. The van der Waals surface area contributed by atoms with E-state index in [1.165, 1.54) is 23.5 Å². The topological polar surface area (TPSA) is 36.1 Å².